The van der Waals surface area contributed by atoms with Gasteiger partial charge in [-0.1, -0.05) is 24.3 Å². The summed E-state index contributed by atoms with van der Waals surface area (Å²) in [5.74, 6) is 1.83. The molecule has 30 heavy (non-hydrogen) atoms. The molecule has 0 amide bonds. The van der Waals surface area contributed by atoms with Gasteiger partial charge in [0.25, 0.3) is 0 Å². The van der Waals surface area contributed by atoms with Crippen molar-refractivity contribution in [2.45, 2.75) is 32.9 Å². The lowest BCUT2D eigenvalue weighted by atomic mass is 10.2. The molecule has 162 valence electrons. The molecule has 1 aromatic heterocycles. The lowest BCUT2D eigenvalue weighted by Gasteiger charge is -2.37. The number of nitrogens with zero attached hydrogens (tertiary/aromatic N) is 3. The van der Waals surface area contributed by atoms with E-state index in [-0.39, 0.29) is 29.1 Å². The molecule has 0 aliphatic carbocycles. The monoisotopic (exact) mass is 473 g/mol. The van der Waals surface area contributed by atoms with E-state index in [1.54, 1.807) is 0 Å². The van der Waals surface area contributed by atoms with E-state index < -0.39 is 0 Å². The SMILES string of the molecule is Br.Cc1cccc2[nH]c(C(N)CN3CCN(c4ccccc4OC(C)C)CC3)nc12. The first kappa shape index (κ1) is 22.6. The fourth-order valence-electron chi connectivity index (χ4n) is 3.98. The first-order valence-corrected chi connectivity index (χ1v) is 10.4. The van der Waals surface area contributed by atoms with Crippen molar-refractivity contribution in [2.75, 3.05) is 37.6 Å². The van der Waals surface area contributed by atoms with Crippen LogP contribution in [0.3, 0.4) is 0 Å². The van der Waals surface area contributed by atoms with Crippen LogP contribution in [-0.4, -0.2) is 53.7 Å². The zero-order chi connectivity index (χ0) is 20.4. The lowest BCUT2D eigenvalue weighted by molar-refractivity contribution is 0.232. The molecule has 4 rings (SSSR count). The Balaban J connectivity index is 0.00000256. The van der Waals surface area contributed by atoms with Gasteiger partial charge in [-0.3, -0.25) is 4.90 Å². The zero-order valence-electron chi connectivity index (χ0n) is 18.0. The van der Waals surface area contributed by atoms with Crippen LogP contribution in [0.25, 0.3) is 11.0 Å². The summed E-state index contributed by atoms with van der Waals surface area (Å²) in [6.07, 6.45) is 0.169. The summed E-state index contributed by atoms with van der Waals surface area (Å²) >= 11 is 0. The van der Waals surface area contributed by atoms with Crippen molar-refractivity contribution >= 4 is 33.7 Å². The minimum Gasteiger partial charge on any atom is -0.489 e. The summed E-state index contributed by atoms with van der Waals surface area (Å²) in [4.78, 5) is 13.0. The molecule has 1 unspecified atom stereocenters. The van der Waals surface area contributed by atoms with Crippen LogP contribution >= 0.6 is 17.0 Å². The van der Waals surface area contributed by atoms with E-state index in [2.05, 4.69) is 65.9 Å². The number of aromatic nitrogens is 2. The Morgan fingerprint density at radius 1 is 1.07 bits per heavy atom. The van der Waals surface area contributed by atoms with E-state index in [0.29, 0.717) is 0 Å². The van der Waals surface area contributed by atoms with Gasteiger partial charge in [-0.05, 0) is 44.5 Å². The third kappa shape index (κ3) is 4.96. The van der Waals surface area contributed by atoms with Crippen molar-refractivity contribution < 1.29 is 4.74 Å². The molecule has 2 aromatic carbocycles. The number of aryl methyl sites for hydroxylation is 1. The Morgan fingerprint density at radius 2 is 1.80 bits per heavy atom. The largest absolute Gasteiger partial charge is 0.489 e. The molecule has 1 aliphatic heterocycles. The molecule has 0 spiro atoms. The van der Waals surface area contributed by atoms with Crippen LogP contribution in [0.1, 0.15) is 31.3 Å². The number of nitrogens with one attached hydrogen (secondary N) is 1. The summed E-state index contributed by atoms with van der Waals surface area (Å²) in [6, 6.07) is 14.4. The fraction of sp³-hybridized carbons (Fsp3) is 0.435. The summed E-state index contributed by atoms with van der Waals surface area (Å²) in [5.41, 5.74) is 10.9. The second-order valence-corrected chi connectivity index (χ2v) is 8.12. The molecule has 0 radical (unpaired) electrons. The number of H-pyrrole nitrogens is 1. The molecule has 2 heterocycles. The van der Waals surface area contributed by atoms with Crippen LogP contribution in [0.4, 0.5) is 5.69 Å². The van der Waals surface area contributed by atoms with Gasteiger partial charge in [0.2, 0.25) is 0 Å². The molecule has 7 heteroatoms. The highest BCUT2D eigenvalue weighted by Crippen LogP contribution is 2.30. The number of benzene rings is 2. The van der Waals surface area contributed by atoms with Crippen LogP contribution in [0.2, 0.25) is 0 Å². The number of aromatic amines is 1. The molecule has 3 N–H and O–H groups in total. The topological polar surface area (TPSA) is 70.4 Å². The Bertz CT molecular complexity index is 965. The highest BCUT2D eigenvalue weighted by atomic mass is 79.9. The maximum absolute atomic E-state index is 6.50. The third-order valence-electron chi connectivity index (χ3n) is 5.48. The van der Waals surface area contributed by atoms with E-state index in [4.69, 9.17) is 15.5 Å². The van der Waals surface area contributed by atoms with Crippen molar-refractivity contribution in [2.24, 2.45) is 5.73 Å². The van der Waals surface area contributed by atoms with E-state index in [1.165, 1.54) is 11.3 Å². The Kier molecular flexibility index (Phi) is 7.39. The quantitative estimate of drug-likeness (QED) is 0.564. The Labute approximate surface area is 189 Å². The number of anilines is 1. The van der Waals surface area contributed by atoms with Crippen LogP contribution in [0, 0.1) is 6.92 Å². The molecule has 1 aliphatic rings. The van der Waals surface area contributed by atoms with Crippen molar-refractivity contribution in [3.63, 3.8) is 0 Å². The van der Waals surface area contributed by atoms with Crippen molar-refractivity contribution in [1.29, 1.82) is 0 Å². The first-order chi connectivity index (χ1) is 14.0. The highest BCUT2D eigenvalue weighted by Gasteiger charge is 2.23. The van der Waals surface area contributed by atoms with Crippen molar-refractivity contribution in [1.82, 2.24) is 14.9 Å². The molecule has 0 bridgehead atoms. The number of imidazole rings is 1. The molecular formula is C23H32BrN5O. The van der Waals surface area contributed by atoms with E-state index in [0.717, 1.165) is 55.3 Å². The fourth-order valence-corrected chi connectivity index (χ4v) is 3.98. The van der Waals surface area contributed by atoms with Gasteiger partial charge in [-0.2, -0.15) is 0 Å². The number of rotatable bonds is 6. The predicted octanol–water partition coefficient (Wildman–Crippen LogP) is 4.06. The second kappa shape index (κ2) is 9.81. The number of piperazine rings is 1. The van der Waals surface area contributed by atoms with Gasteiger partial charge < -0.3 is 20.4 Å². The Hall–Kier alpha value is -2.09. The number of halogens is 1. The first-order valence-electron chi connectivity index (χ1n) is 10.4. The van der Waals surface area contributed by atoms with Gasteiger partial charge in [0.05, 0.1) is 28.9 Å². The number of nitrogens with two attached hydrogens (primary N) is 1. The minimum absolute atomic E-state index is 0. The number of ether oxygens (including phenoxy) is 1. The van der Waals surface area contributed by atoms with Gasteiger partial charge in [0.15, 0.2) is 0 Å². The Morgan fingerprint density at radius 3 is 2.50 bits per heavy atom. The maximum Gasteiger partial charge on any atom is 0.142 e. The molecule has 0 saturated carbocycles. The summed E-state index contributed by atoms with van der Waals surface area (Å²) in [7, 11) is 0. The highest BCUT2D eigenvalue weighted by molar-refractivity contribution is 8.93. The van der Waals surface area contributed by atoms with Gasteiger partial charge >= 0.3 is 0 Å². The molecule has 1 atom stereocenters. The number of para-hydroxylation sites is 3. The van der Waals surface area contributed by atoms with E-state index in [9.17, 15) is 0 Å². The predicted molar refractivity (Wildman–Crippen MR) is 129 cm³/mol. The minimum atomic E-state index is -0.120. The molecular weight excluding hydrogens is 442 g/mol. The summed E-state index contributed by atoms with van der Waals surface area (Å²) < 4.78 is 6.00. The molecule has 1 fully saturated rings. The molecule has 3 aromatic rings. The van der Waals surface area contributed by atoms with Gasteiger partial charge in [-0.15, -0.1) is 17.0 Å². The van der Waals surface area contributed by atoms with E-state index in [1.807, 2.05) is 12.1 Å². The van der Waals surface area contributed by atoms with Crippen molar-refractivity contribution in [3.8, 4) is 5.75 Å². The average Bonchev–Trinajstić information content (AvgIpc) is 3.15. The zero-order valence-corrected chi connectivity index (χ0v) is 19.7. The van der Waals surface area contributed by atoms with Crippen molar-refractivity contribution in [3.05, 3.63) is 53.9 Å². The third-order valence-corrected chi connectivity index (χ3v) is 5.48. The number of fused-ring (bicyclic) bond motifs is 1. The number of hydrogen-bond donors (Lipinski definition) is 2. The maximum atomic E-state index is 6.50. The summed E-state index contributed by atoms with van der Waals surface area (Å²) in [5, 5.41) is 0. The normalized spacial score (nSPS) is 16.0. The molecule has 6 nitrogen and oxygen atoms in total. The average molecular weight is 474 g/mol. The lowest BCUT2D eigenvalue weighted by Crippen LogP contribution is -2.48. The van der Waals surface area contributed by atoms with Crippen LogP contribution < -0.4 is 15.4 Å². The smallest absolute Gasteiger partial charge is 0.142 e. The molecule has 1 saturated heterocycles. The standard InChI is InChI=1S/C23H31N5O.BrH/c1-16(2)29-21-10-5-4-9-20(21)28-13-11-27(12-14-28)15-18(24)23-25-19-8-6-7-17(3)22(19)26-23;/h4-10,16,18H,11-15,24H2,1-3H3,(H,25,26);1H. The van der Waals surface area contributed by atoms with E-state index >= 15 is 0 Å². The number of hydrogen-bond acceptors (Lipinski definition) is 5. The van der Waals surface area contributed by atoms with Crippen LogP contribution in [0.5, 0.6) is 5.75 Å². The second-order valence-electron chi connectivity index (χ2n) is 8.12. The summed E-state index contributed by atoms with van der Waals surface area (Å²) in [6.45, 7) is 10.9. The van der Waals surface area contributed by atoms with Crippen LogP contribution in [0.15, 0.2) is 42.5 Å². The van der Waals surface area contributed by atoms with Gasteiger partial charge in [0.1, 0.15) is 11.6 Å². The van der Waals surface area contributed by atoms with Gasteiger partial charge in [0, 0.05) is 32.7 Å². The van der Waals surface area contributed by atoms with Crippen LogP contribution in [-0.2, 0) is 0 Å². The van der Waals surface area contributed by atoms with Gasteiger partial charge in [-0.25, -0.2) is 4.98 Å².